The van der Waals surface area contributed by atoms with E-state index in [2.05, 4.69) is 20.4 Å². The second-order valence-corrected chi connectivity index (χ2v) is 6.61. The average molecular weight is 375 g/mol. The first-order chi connectivity index (χ1) is 12.4. The molecule has 0 aliphatic carbocycles. The van der Waals surface area contributed by atoms with Crippen LogP contribution in [0.2, 0.25) is 5.02 Å². The Hall–Kier alpha value is -2.74. The number of hydrogen-bond donors (Lipinski definition) is 1. The van der Waals surface area contributed by atoms with Gasteiger partial charge in [-0.1, -0.05) is 11.6 Å². The van der Waals surface area contributed by atoms with Gasteiger partial charge in [0.25, 0.3) is 0 Å². The van der Waals surface area contributed by atoms with Crippen LogP contribution in [0.4, 0.5) is 15.9 Å². The first kappa shape index (κ1) is 16.7. The quantitative estimate of drug-likeness (QED) is 0.762. The molecule has 9 heteroatoms. The molecule has 134 valence electrons. The van der Waals surface area contributed by atoms with E-state index in [9.17, 15) is 9.18 Å². The largest absolute Gasteiger partial charge is 0.358 e. The maximum atomic E-state index is 13.4. The molecule has 1 N–H and O–H groups in total. The van der Waals surface area contributed by atoms with Crippen LogP contribution in [0.5, 0.6) is 0 Å². The normalized spacial score (nSPS) is 17.3. The van der Waals surface area contributed by atoms with Crippen molar-refractivity contribution < 1.29 is 9.18 Å². The molecule has 26 heavy (non-hydrogen) atoms. The Morgan fingerprint density at radius 2 is 2.15 bits per heavy atom. The van der Waals surface area contributed by atoms with Gasteiger partial charge in [0.2, 0.25) is 5.91 Å². The van der Waals surface area contributed by atoms with E-state index in [4.69, 9.17) is 11.6 Å². The van der Waals surface area contributed by atoms with Gasteiger partial charge < -0.3 is 10.2 Å². The average Bonchev–Trinajstić information content (AvgIpc) is 3.14. The number of fused-ring (bicyclic) bond motifs is 1. The lowest BCUT2D eigenvalue weighted by atomic mass is 10.2. The van der Waals surface area contributed by atoms with E-state index in [-0.39, 0.29) is 10.9 Å². The van der Waals surface area contributed by atoms with Crippen molar-refractivity contribution in [2.24, 2.45) is 7.05 Å². The number of halogens is 2. The number of aromatic nitrogens is 4. The smallest absolute Gasteiger partial charge is 0.249 e. The van der Waals surface area contributed by atoms with Gasteiger partial charge in [0.1, 0.15) is 23.5 Å². The van der Waals surface area contributed by atoms with Gasteiger partial charge in [-0.05, 0) is 31.5 Å². The summed E-state index contributed by atoms with van der Waals surface area (Å²) in [7, 11) is 1.80. The molecule has 0 saturated carbocycles. The van der Waals surface area contributed by atoms with Crippen LogP contribution in [0.25, 0.3) is 11.0 Å². The highest BCUT2D eigenvalue weighted by Crippen LogP contribution is 2.28. The number of benzene rings is 1. The minimum Gasteiger partial charge on any atom is -0.358 e. The van der Waals surface area contributed by atoms with Crippen LogP contribution in [0, 0.1) is 12.7 Å². The third-order valence-corrected chi connectivity index (χ3v) is 4.72. The van der Waals surface area contributed by atoms with Crippen molar-refractivity contribution in [1.29, 1.82) is 0 Å². The van der Waals surface area contributed by atoms with Gasteiger partial charge in [-0.3, -0.25) is 9.48 Å². The second kappa shape index (κ2) is 6.21. The van der Waals surface area contributed by atoms with Crippen LogP contribution in [-0.4, -0.2) is 38.2 Å². The van der Waals surface area contributed by atoms with Gasteiger partial charge in [0.15, 0.2) is 5.65 Å². The van der Waals surface area contributed by atoms with Crippen molar-refractivity contribution in [1.82, 2.24) is 19.7 Å². The van der Waals surface area contributed by atoms with Gasteiger partial charge in [0.05, 0.1) is 16.6 Å². The third-order valence-electron chi connectivity index (χ3n) is 4.44. The molecule has 1 fully saturated rings. The number of carbonyl (C=O) groups excluding carboxylic acids is 1. The van der Waals surface area contributed by atoms with E-state index in [0.29, 0.717) is 35.9 Å². The molecule has 1 aliphatic rings. The van der Waals surface area contributed by atoms with Crippen LogP contribution < -0.4 is 10.2 Å². The van der Waals surface area contributed by atoms with Gasteiger partial charge in [-0.15, -0.1) is 0 Å². The van der Waals surface area contributed by atoms with E-state index < -0.39 is 11.9 Å². The molecule has 0 spiro atoms. The van der Waals surface area contributed by atoms with E-state index in [0.717, 1.165) is 5.39 Å². The summed E-state index contributed by atoms with van der Waals surface area (Å²) in [4.78, 5) is 23.2. The molecule has 0 unspecified atom stereocenters. The van der Waals surface area contributed by atoms with Crippen LogP contribution in [0.1, 0.15) is 12.2 Å². The molecule has 3 aromatic rings. The van der Waals surface area contributed by atoms with Crippen LogP contribution in [0.3, 0.4) is 0 Å². The summed E-state index contributed by atoms with van der Waals surface area (Å²) in [5.74, 6) is 0.558. The lowest BCUT2D eigenvalue weighted by Gasteiger charge is -2.18. The lowest BCUT2D eigenvalue weighted by molar-refractivity contribution is -0.117. The van der Waals surface area contributed by atoms with E-state index in [1.54, 1.807) is 35.8 Å². The van der Waals surface area contributed by atoms with Crippen molar-refractivity contribution in [3.8, 4) is 0 Å². The Kier molecular flexibility index (Phi) is 3.99. The summed E-state index contributed by atoms with van der Waals surface area (Å²) in [5.41, 5.74) is 1.28. The van der Waals surface area contributed by atoms with E-state index in [1.165, 1.54) is 12.1 Å². The Morgan fingerprint density at radius 1 is 1.35 bits per heavy atom. The van der Waals surface area contributed by atoms with Crippen molar-refractivity contribution in [3.05, 3.63) is 41.1 Å². The van der Waals surface area contributed by atoms with Gasteiger partial charge in [-0.2, -0.15) is 5.10 Å². The summed E-state index contributed by atoms with van der Waals surface area (Å²) in [6, 6.07) is 3.84. The van der Waals surface area contributed by atoms with Gasteiger partial charge >= 0.3 is 0 Å². The molecule has 1 atom stereocenters. The Morgan fingerprint density at radius 3 is 2.92 bits per heavy atom. The highest BCUT2D eigenvalue weighted by Gasteiger charge is 2.33. The number of nitrogens with one attached hydrogen (secondary N) is 1. The number of amides is 1. The molecule has 0 bridgehead atoms. The zero-order valence-electron chi connectivity index (χ0n) is 14.2. The Labute approximate surface area is 153 Å². The number of aryl methyl sites for hydroxylation is 2. The summed E-state index contributed by atoms with van der Waals surface area (Å²) >= 11 is 5.84. The lowest BCUT2D eigenvalue weighted by Crippen LogP contribution is -2.33. The third kappa shape index (κ3) is 2.76. The molecule has 3 heterocycles. The van der Waals surface area contributed by atoms with Crippen molar-refractivity contribution in [2.75, 3.05) is 16.8 Å². The summed E-state index contributed by atoms with van der Waals surface area (Å²) in [6.45, 7) is 2.31. The van der Waals surface area contributed by atoms with Crippen LogP contribution in [-0.2, 0) is 11.8 Å². The fraction of sp³-hybridized carbons (Fsp3) is 0.294. The second-order valence-electron chi connectivity index (χ2n) is 6.20. The minimum atomic E-state index is -0.507. The summed E-state index contributed by atoms with van der Waals surface area (Å²) < 4.78 is 15.0. The van der Waals surface area contributed by atoms with Gasteiger partial charge in [0, 0.05) is 19.3 Å². The molecular formula is C17H16ClFN6O. The fourth-order valence-electron chi connectivity index (χ4n) is 3.13. The van der Waals surface area contributed by atoms with Crippen molar-refractivity contribution >= 4 is 40.0 Å². The van der Waals surface area contributed by atoms with Crippen molar-refractivity contribution in [3.63, 3.8) is 0 Å². The molecule has 4 rings (SSSR count). The van der Waals surface area contributed by atoms with E-state index in [1.807, 2.05) is 0 Å². The first-order valence-corrected chi connectivity index (χ1v) is 8.51. The first-order valence-electron chi connectivity index (χ1n) is 8.13. The SMILES string of the molecule is Cc1nc(N[C@H]2CCN(c3ccc(F)c(Cl)c3)C2=O)c2cnn(C)c2n1. The monoisotopic (exact) mass is 374 g/mol. The minimum absolute atomic E-state index is 0.00444. The number of rotatable bonds is 3. The van der Waals surface area contributed by atoms with E-state index >= 15 is 0 Å². The topological polar surface area (TPSA) is 75.9 Å². The number of anilines is 2. The zero-order valence-corrected chi connectivity index (χ0v) is 15.0. The Balaban J connectivity index is 1.61. The molecule has 1 aromatic carbocycles. The molecule has 7 nitrogen and oxygen atoms in total. The predicted octanol–water partition coefficient (Wildman–Crippen LogP) is 2.68. The number of hydrogen-bond acceptors (Lipinski definition) is 5. The fourth-order valence-corrected chi connectivity index (χ4v) is 3.30. The molecule has 1 saturated heterocycles. The maximum absolute atomic E-state index is 13.4. The Bertz CT molecular complexity index is 1020. The number of nitrogens with zero attached hydrogens (tertiary/aromatic N) is 5. The molecular weight excluding hydrogens is 359 g/mol. The van der Waals surface area contributed by atoms with Crippen molar-refractivity contribution in [2.45, 2.75) is 19.4 Å². The molecule has 1 amide bonds. The van der Waals surface area contributed by atoms with Gasteiger partial charge in [-0.25, -0.2) is 14.4 Å². The highest BCUT2D eigenvalue weighted by atomic mass is 35.5. The highest BCUT2D eigenvalue weighted by molar-refractivity contribution is 6.31. The van der Waals surface area contributed by atoms with Crippen LogP contribution >= 0.6 is 11.6 Å². The zero-order chi connectivity index (χ0) is 18.4. The predicted molar refractivity (Wildman–Crippen MR) is 96.8 cm³/mol. The summed E-state index contributed by atoms with van der Waals surface area (Å²) in [5, 5.41) is 8.17. The molecule has 0 radical (unpaired) electrons. The molecule has 1 aliphatic heterocycles. The summed E-state index contributed by atoms with van der Waals surface area (Å²) in [6.07, 6.45) is 2.27. The standard InChI is InChI=1S/C17H16ClFN6O/c1-9-21-15(11-8-20-24(2)16(11)22-9)23-14-5-6-25(17(14)26)10-3-4-13(19)12(18)7-10/h3-4,7-8,14H,5-6H2,1-2H3,(H,21,22,23)/t14-/m0/s1. The van der Waals surface area contributed by atoms with Crippen LogP contribution in [0.15, 0.2) is 24.4 Å². The number of carbonyl (C=O) groups is 1. The maximum Gasteiger partial charge on any atom is 0.249 e. The molecule has 2 aromatic heterocycles.